The molecule has 2 aromatic carbocycles. The van der Waals surface area contributed by atoms with Gasteiger partial charge in [0.25, 0.3) is 0 Å². The molecule has 2 unspecified atom stereocenters. The Labute approximate surface area is 118 Å². The van der Waals surface area contributed by atoms with E-state index in [9.17, 15) is 4.39 Å². The van der Waals surface area contributed by atoms with Crippen molar-refractivity contribution < 1.29 is 9.13 Å². The summed E-state index contributed by atoms with van der Waals surface area (Å²) in [6.07, 6.45) is 2.50. The molecule has 2 N–H and O–H groups in total. The molecule has 0 aliphatic carbocycles. The standard InChI is InChI=1S/C17H18FNO/c18-14-6-3-4-12(8-14)9-15(19)11-16-10-13-5-1-2-7-17(13)20-16/h1-8,15-16H,9-11,19H2. The molecule has 3 heteroatoms. The van der Waals surface area contributed by atoms with Crippen LogP contribution in [0, 0.1) is 5.82 Å². The van der Waals surface area contributed by atoms with Crippen LogP contribution < -0.4 is 10.5 Å². The highest BCUT2D eigenvalue weighted by molar-refractivity contribution is 5.37. The molecule has 0 spiro atoms. The van der Waals surface area contributed by atoms with E-state index in [-0.39, 0.29) is 18.0 Å². The van der Waals surface area contributed by atoms with Crippen molar-refractivity contribution >= 4 is 0 Å². The summed E-state index contributed by atoms with van der Waals surface area (Å²) in [6.45, 7) is 0. The van der Waals surface area contributed by atoms with E-state index in [0.717, 1.165) is 24.2 Å². The van der Waals surface area contributed by atoms with Crippen molar-refractivity contribution in [3.63, 3.8) is 0 Å². The highest BCUT2D eigenvalue weighted by atomic mass is 19.1. The fourth-order valence-corrected chi connectivity index (χ4v) is 2.77. The van der Waals surface area contributed by atoms with Crippen molar-refractivity contribution in [1.29, 1.82) is 0 Å². The molecule has 2 nitrogen and oxygen atoms in total. The Balaban J connectivity index is 1.57. The first-order chi connectivity index (χ1) is 9.70. The van der Waals surface area contributed by atoms with Gasteiger partial charge in [-0.15, -0.1) is 0 Å². The summed E-state index contributed by atoms with van der Waals surface area (Å²) in [4.78, 5) is 0. The highest BCUT2D eigenvalue weighted by Crippen LogP contribution is 2.30. The van der Waals surface area contributed by atoms with Crippen LogP contribution >= 0.6 is 0 Å². The number of nitrogens with two attached hydrogens (primary N) is 1. The van der Waals surface area contributed by atoms with Crippen LogP contribution in [0.25, 0.3) is 0 Å². The zero-order valence-corrected chi connectivity index (χ0v) is 11.3. The molecule has 2 atom stereocenters. The van der Waals surface area contributed by atoms with Crippen molar-refractivity contribution in [1.82, 2.24) is 0 Å². The second kappa shape index (κ2) is 5.63. The van der Waals surface area contributed by atoms with Crippen molar-refractivity contribution in [2.45, 2.75) is 31.4 Å². The molecular weight excluding hydrogens is 253 g/mol. The van der Waals surface area contributed by atoms with Crippen LogP contribution in [0.15, 0.2) is 48.5 Å². The van der Waals surface area contributed by atoms with E-state index in [2.05, 4.69) is 6.07 Å². The van der Waals surface area contributed by atoms with Crippen molar-refractivity contribution in [3.8, 4) is 5.75 Å². The lowest BCUT2D eigenvalue weighted by molar-refractivity contribution is 0.210. The molecule has 104 valence electrons. The lowest BCUT2D eigenvalue weighted by atomic mass is 9.99. The molecule has 1 heterocycles. The molecule has 1 aliphatic rings. The number of para-hydroxylation sites is 1. The summed E-state index contributed by atoms with van der Waals surface area (Å²) in [5.41, 5.74) is 8.35. The van der Waals surface area contributed by atoms with Gasteiger partial charge in [-0.2, -0.15) is 0 Å². The minimum absolute atomic E-state index is 0.0175. The topological polar surface area (TPSA) is 35.2 Å². The maximum atomic E-state index is 13.1. The fraction of sp³-hybridized carbons (Fsp3) is 0.294. The third kappa shape index (κ3) is 2.99. The van der Waals surface area contributed by atoms with Gasteiger partial charge in [-0.05, 0) is 35.7 Å². The van der Waals surface area contributed by atoms with Crippen LogP contribution in [0.5, 0.6) is 5.75 Å². The number of benzene rings is 2. The summed E-state index contributed by atoms with van der Waals surface area (Å²) in [5, 5.41) is 0. The lowest BCUT2D eigenvalue weighted by Gasteiger charge is -2.16. The maximum Gasteiger partial charge on any atom is 0.123 e. The first-order valence-corrected chi connectivity index (χ1v) is 6.95. The summed E-state index contributed by atoms with van der Waals surface area (Å²) in [6, 6.07) is 14.7. The number of ether oxygens (including phenoxy) is 1. The van der Waals surface area contributed by atoms with Crippen LogP contribution in [-0.4, -0.2) is 12.1 Å². The average molecular weight is 271 g/mol. The predicted molar refractivity (Wildman–Crippen MR) is 77.3 cm³/mol. The second-order valence-electron chi connectivity index (χ2n) is 5.38. The third-order valence-corrected chi connectivity index (χ3v) is 3.67. The monoisotopic (exact) mass is 271 g/mol. The van der Waals surface area contributed by atoms with Gasteiger partial charge >= 0.3 is 0 Å². The Bertz CT molecular complexity index is 574. The Morgan fingerprint density at radius 1 is 1.20 bits per heavy atom. The van der Waals surface area contributed by atoms with Crippen LogP contribution in [0.3, 0.4) is 0 Å². The number of hydrogen-bond acceptors (Lipinski definition) is 2. The first kappa shape index (κ1) is 13.1. The van der Waals surface area contributed by atoms with E-state index in [1.807, 2.05) is 24.3 Å². The summed E-state index contributed by atoms with van der Waals surface area (Å²) in [5.74, 6) is 0.759. The maximum absolute atomic E-state index is 13.1. The van der Waals surface area contributed by atoms with E-state index in [1.54, 1.807) is 12.1 Å². The third-order valence-electron chi connectivity index (χ3n) is 3.67. The summed E-state index contributed by atoms with van der Waals surface area (Å²) in [7, 11) is 0. The SMILES string of the molecule is NC(Cc1cccc(F)c1)CC1Cc2ccccc2O1. The smallest absolute Gasteiger partial charge is 0.123 e. The van der Waals surface area contributed by atoms with Gasteiger partial charge < -0.3 is 10.5 Å². The van der Waals surface area contributed by atoms with E-state index < -0.39 is 0 Å². The number of halogens is 1. The molecule has 3 rings (SSSR count). The number of hydrogen-bond donors (Lipinski definition) is 1. The Morgan fingerprint density at radius 3 is 2.85 bits per heavy atom. The molecule has 2 aromatic rings. The molecule has 0 amide bonds. The highest BCUT2D eigenvalue weighted by Gasteiger charge is 2.24. The van der Waals surface area contributed by atoms with E-state index in [0.29, 0.717) is 6.42 Å². The quantitative estimate of drug-likeness (QED) is 0.927. The molecule has 0 fully saturated rings. The van der Waals surface area contributed by atoms with Gasteiger partial charge in [0.1, 0.15) is 17.7 Å². The molecule has 0 bridgehead atoms. The molecule has 20 heavy (non-hydrogen) atoms. The second-order valence-corrected chi connectivity index (χ2v) is 5.38. The van der Waals surface area contributed by atoms with Gasteiger partial charge in [-0.1, -0.05) is 30.3 Å². The van der Waals surface area contributed by atoms with Gasteiger partial charge in [-0.25, -0.2) is 4.39 Å². The molecule has 0 saturated heterocycles. The van der Waals surface area contributed by atoms with Crippen LogP contribution in [0.1, 0.15) is 17.5 Å². The van der Waals surface area contributed by atoms with Crippen LogP contribution in [0.4, 0.5) is 4.39 Å². The minimum atomic E-state index is -0.209. The van der Waals surface area contributed by atoms with Crippen LogP contribution in [0.2, 0.25) is 0 Å². The van der Waals surface area contributed by atoms with Gasteiger partial charge in [-0.3, -0.25) is 0 Å². The largest absolute Gasteiger partial charge is 0.490 e. The lowest BCUT2D eigenvalue weighted by Crippen LogP contribution is -2.30. The summed E-state index contributed by atoms with van der Waals surface area (Å²) < 4.78 is 19.0. The first-order valence-electron chi connectivity index (χ1n) is 6.95. The summed E-state index contributed by atoms with van der Waals surface area (Å²) >= 11 is 0. The van der Waals surface area contributed by atoms with E-state index in [4.69, 9.17) is 10.5 Å². The zero-order valence-electron chi connectivity index (χ0n) is 11.3. The van der Waals surface area contributed by atoms with E-state index in [1.165, 1.54) is 11.6 Å². The minimum Gasteiger partial charge on any atom is -0.490 e. The molecule has 0 aromatic heterocycles. The predicted octanol–water partition coefficient (Wildman–Crippen LogP) is 3.09. The van der Waals surface area contributed by atoms with Crippen LogP contribution in [-0.2, 0) is 12.8 Å². The Morgan fingerprint density at radius 2 is 2.05 bits per heavy atom. The Kier molecular flexibility index (Phi) is 3.70. The number of rotatable bonds is 4. The van der Waals surface area contributed by atoms with Gasteiger partial charge in [0, 0.05) is 18.9 Å². The van der Waals surface area contributed by atoms with Crippen molar-refractivity contribution in [3.05, 3.63) is 65.5 Å². The van der Waals surface area contributed by atoms with Gasteiger partial charge in [0.05, 0.1) is 0 Å². The molecule has 0 radical (unpaired) electrons. The van der Waals surface area contributed by atoms with Gasteiger partial charge in [0.2, 0.25) is 0 Å². The Hall–Kier alpha value is -1.87. The molecular formula is C17H18FNO. The fourth-order valence-electron chi connectivity index (χ4n) is 2.77. The van der Waals surface area contributed by atoms with Gasteiger partial charge in [0.15, 0.2) is 0 Å². The van der Waals surface area contributed by atoms with Crippen molar-refractivity contribution in [2.24, 2.45) is 5.73 Å². The zero-order chi connectivity index (χ0) is 13.9. The normalized spacial score (nSPS) is 18.4. The number of fused-ring (bicyclic) bond motifs is 1. The van der Waals surface area contributed by atoms with E-state index >= 15 is 0 Å². The molecule has 0 saturated carbocycles. The average Bonchev–Trinajstić information content (AvgIpc) is 2.80. The molecule has 1 aliphatic heterocycles. The van der Waals surface area contributed by atoms with Crippen molar-refractivity contribution in [2.75, 3.05) is 0 Å².